The molecule has 0 aromatic heterocycles. The third kappa shape index (κ3) is 4.58. The van der Waals surface area contributed by atoms with Gasteiger partial charge in [0.05, 0.1) is 4.47 Å². The van der Waals surface area contributed by atoms with Crippen molar-refractivity contribution in [2.75, 3.05) is 26.9 Å². The highest BCUT2D eigenvalue weighted by Crippen LogP contribution is 2.31. The van der Waals surface area contributed by atoms with E-state index < -0.39 is 0 Å². The molecule has 132 valence electrons. The number of amides is 1. The number of likely N-dealkylation sites (N-methyl/N-ethyl adjacent to an activating group) is 1. The highest BCUT2D eigenvalue weighted by Gasteiger charge is 2.15. The highest BCUT2D eigenvalue weighted by atomic mass is 79.9. The Labute approximate surface area is 159 Å². The van der Waals surface area contributed by atoms with Crippen LogP contribution in [0.5, 0.6) is 17.2 Å². The Bertz CT molecular complexity index is 784. The molecule has 0 radical (unpaired) electrons. The molecule has 3 rings (SSSR count). The first-order valence-corrected chi connectivity index (χ1v) is 8.90. The minimum absolute atomic E-state index is 0.0543. The third-order valence-corrected chi connectivity index (χ3v) is 4.55. The van der Waals surface area contributed by atoms with Crippen molar-refractivity contribution in [1.29, 1.82) is 0 Å². The summed E-state index contributed by atoms with van der Waals surface area (Å²) in [5.74, 6) is 1.90. The summed E-state index contributed by atoms with van der Waals surface area (Å²) in [6.45, 7) is 1.50. The number of nitrogens with zero attached hydrogens (tertiary/aromatic N) is 1. The summed E-state index contributed by atoms with van der Waals surface area (Å²) in [4.78, 5) is 13.9. The molecule has 7 heteroatoms. The van der Waals surface area contributed by atoms with Crippen LogP contribution in [0.25, 0.3) is 0 Å². The molecular formula is C18H17BrClNO4. The molecule has 1 aliphatic heterocycles. The van der Waals surface area contributed by atoms with Crippen LogP contribution in [0, 0.1) is 0 Å². The lowest BCUT2D eigenvalue weighted by molar-refractivity contribution is -0.132. The Morgan fingerprint density at radius 2 is 1.96 bits per heavy atom. The van der Waals surface area contributed by atoms with Gasteiger partial charge in [0.15, 0.2) is 18.1 Å². The van der Waals surface area contributed by atoms with E-state index in [4.69, 9.17) is 25.8 Å². The van der Waals surface area contributed by atoms with Crippen molar-refractivity contribution < 1.29 is 19.0 Å². The number of carbonyl (C=O) groups is 1. The molecule has 1 amide bonds. The second-order valence-electron chi connectivity index (χ2n) is 5.59. The maximum Gasteiger partial charge on any atom is 0.260 e. The average Bonchev–Trinajstić information content (AvgIpc) is 2.60. The molecule has 2 aromatic carbocycles. The minimum Gasteiger partial charge on any atom is -0.486 e. The molecule has 0 aliphatic carbocycles. The predicted octanol–water partition coefficient (Wildman–Crippen LogP) is 3.91. The van der Waals surface area contributed by atoms with Gasteiger partial charge in [-0.3, -0.25) is 4.79 Å². The van der Waals surface area contributed by atoms with Crippen molar-refractivity contribution in [1.82, 2.24) is 4.90 Å². The number of carbonyl (C=O) groups excluding carboxylic acids is 1. The first-order chi connectivity index (χ1) is 12.0. The van der Waals surface area contributed by atoms with E-state index in [1.54, 1.807) is 30.1 Å². The van der Waals surface area contributed by atoms with Crippen LogP contribution in [0.3, 0.4) is 0 Å². The van der Waals surface area contributed by atoms with E-state index in [0.29, 0.717) is 40.8 Å². The van der Waals surface area contributed by atoms with Gasteiger partial charge in [-0.1, -0.05) is 17.7 Å². The largest absolute Gasteiger partial charge is 0.486 e. The molecule has 0 saturated carbocycles. The van der Waals surface area contributed by atoms with Gasteiger partial charge >= 0.3 is 0 Å². The molecule has 0 saturated heterocycles. The van der Waals surface area contributed by atoms with Crippen molar-refractivity contribution in [3.8, 4) is 17.2 Å². The number of rotatable bonds is 5. The fourth-order valence-electron chi connectivity index (χ4n) is 2.39. The first kappa shape index (κ1) is 17.9. The fraction of sp³-hybridized carbons (Fsp3) is 0.278. The Morgan fingerprint density at radius 3 is 2.72 bits per heavy atom. The molecule has 0 atom stereocenters. The van der Waals surface area contributed by atoms with Crippen LogP contribution in [-0.2, 0) is 11.3 Å². The van der Waals surface area contributed by atoms with Crippen molar-refractivity contribution in [3.05, 3.63) is 51.5 Å². The summed E-state index contributed by atoms with van der Waals surface area (Å²) in [6, 6.07) is 10.8. The molecule has 1 heterocycles. The van der Waals surface area contributed by atoms with Gasteiger partial charge in [-0.25, -0.2) is 0 Å². The number of halogens is 2. The van der Waals surface area contributed by atoms with E-state index >= 15 is 0 Å². The number of ether oxygens (including phenoxy) is 3. The lowest BCUT2D eigenvalue weighted by Crippen LogP contribution is -2.31. The van der Waals surface area contributed by atoms with E-state index in [-0.39, 0.29) is 12.5 Å². The SMILES string of the molecule is CN(Cc1ccc2c(c1)OCCO2)C(=O)COc1ccc(Cl)cc1Br. The van der Waals surface area contributed by atoms with E-state index in [1.165, 1.54) is 0 Å². The molecular weight excluding hydrogens is 410 g/mol. The predicted molar refractivity (Wildman–Crippen MR) is 98.6 cm³/mol. The Balaban J connectivity index is 1.57. The molecule has 2 aromatic rings. The molecule has 1 aliphatic rings. The molecule has 0 spiro atoms. The van der Waals surface area contributed by atoms with Crippen LogP contribution < -0.4 is 14.2 Å². The smallest absolute Gasteiger partial charge is 0.260 e. The summed E-state index contributed by atoms with van der Waals surface area (Å²) in [6.07, 6.45) is 0. The summed E-state index contributed by atoms with van der Waals surface area (Å²) in [5.41, 5.74) is 0.966. The third-order valence-electron chi connectivity index (χ3n) is 3.70. The van der Waals surface area contributed by atoms with E-state index in [9.17, 15) is 4.79 Å². The van der Waals surface area contributed by atoms with Gasteiger partial charge in [0, 0.05) is 18.6 Å². The van der Waals surface area contributed by atoms with Crippen molar-refractivity contribution in [2.24, 2.45) is 0 Å². The van der Waals surface area contributed by atoms with Crippen LogP contribution in [0.15, 0.2) is 40.9 Å². The van der Waals surface area contributed by atoms with Crippen molar-refractivity contribution in [2.45, 2.75) is 6.54 Å². The van der Waals surface area contributed by atoms with Crippen LogP contribution >= 0.6 is 27.5 Å². The zero-order chi connectivity index (χ0) is 17.8. The van der Waals surface area contributed by atoms with E-state index in [0.717, 1.165) is 11.3 Å². The second-order valence-corrected chi connectivity index (χ2v) is 6.88. The number of fused-ring (bicyclic) bond motifs is 1. The minimum atomic E-state index is -0.128. The van der Waals surface area contributed by atoms with Gasteiger partial charge in [-0.15, -0.1) is 0 Å². The molecule has 5 nitrogen and oxygen atoms in total. The van der Waals surface area contributed by atoms with Crippen LogP contribution in [-0.4, -0.2) is 37.7 Å². The summed E-state index contributed by atoms with van der Waals surface area (Å²) in [5, 5.41) is 0.598. The van der Waals surface area contributed by atoms with E-state index in [1.807, 2.05) is 18.2 Å². The van der Waals surface area contributed by atoms with Gasteiger partial charge in [0.25, 0.3) is 5.91 Å². The zero-order valence-corrected chi connectivity index (χ0v) is 16.0. The van der Waals surface area contributed by atoms with Gasteiger partial charge in [0.2, 0.25) is 0 Å². The molecule has 0 N–H and O–H groups in total. The number of hydrogen-bond acceptors (Lipinski definition) is 4. The lowest BCUT2D eigenvalue weighted by atomic mass is 10.2. The molecule has 0 fully saturated rings. The highest BCUT2D eigenvalue weighted by molar-refractivity contribution is 9.10. The lowest BCUT2D eigenvalue weighted by Gasteiger charge is -2.21. The Morgan fingerprint density at radius 1 is 1.20 bits per heavy atom. The standard InChI is InChI=1S/C18H17BrClNO4/c1-21(10-12-2-4-16-17(8-12)24-7-6-23-16)18(22)11-25-15-5-3-13(20)9-14(15)19/h2-5,8-9H,6-7,10-11H2,1H3. The Hall–Kier alpha value is -1.92. The van der Waals surface area contributed by atoms with Gasteiger partial charge in [-0.2, -0.15) is 0 Å². The summed E-state index contributed by atoms with van der Waals surface area (Å²) >= 11 is 9.25. The summed E-state index contributed by atoms with van der Waals surface area (Å²) in [7, 11) is 1.74. The Kier molecular flexibility index (Phi) is 5.71. The zero-order valence-electron chi connectivity index (χ0n) is 13.6. The normalized spacial score (nSPS) is 12.6. The van der Waals surface area contributed by atoms with Crippen molar-refractivity contribution >= 4 is 33.4 Å². The maximum atomic E-state index is 12.3. The average molecular weight is 427 g/mol. The maximum absolute atomic E-state index is 12.3. The first-order valence-electron chi connectivity index (χ1n) is 7.73. The quantitative estimate of drug-likeness (QED) is 0.727. The summed E-state index contributed by atoms with van der Waals surface area (Å²) < 4.78 is 17.3. The number of benzene rings is 2. The molecule has 0 unspecified atom stereocenters. The molecule has 0 bridgehead atoms. The monoisotopic (exact) mass is 425 g/mol. The van der Waals surface area contributed by atoms with E-state index in [2.05, 4.69) is 15.9 Å². The topological polar surface area (TPSA) is 48.0 Å². The van der Waals surface area contributed by atoms with Gasteiger partial charge < -0.3 is 19.1 Å². The van der Waals surface area contributed by atoms with Crippen molar-refractivity contribution in [3.63, 3.8) is 0 Å². The number of hydrogen-bond donors (Lipinski definition) is 0. The van der Waals surface area contributed by atoms with Crippen LogP contribution in [0.2, 0.25) is 5.02 Å². The fourth-order valence-corrected chi connectivity index (χ4v) is 3.19. The van der Waals surface area contributed by atoms with Gasteiger partial charge in [0.1, 0.15) is 19.0 Å². The van der Waals surface area contributed by atoms with Gasteiger partial charge in [-0.05, 0) is 51.8 Å². The van der Waals surface area contributed by atoms with Crippen LogP contribution in [0.4, 0.5) is 0 Å². The van der Waals surface area contributed by atoms with Crippen LogP contribution in [0.1, 0.15) is 5.56 Å². The second kappa shape index (κ2) is 7.97. The molecule has 25 heavy (non-hydrogen) atoms.